The summed E-state index contributed by atoms with van der Waals surface area (Å²) in [4.78, 5) is 22.5. The van der Waals surface area contributed by atoms with Crippen LogP contribution < -0.4 is 0 Å². The van der Waals surface area contributed by atoms with Crippen LogP contribution in [0.4, 0.5) is 4.79 Å². The Kier molecular flexibility index (Phi) is 5.45. The molecule has 0 aliphatic carbocycles. The van der Waals surface area contributed by atoms with Crippen LogP contribution >= 0.6 is 11.8 Å². The third-order valence-corrected chi connectivity index (χ3v) is 4.28. The van der Waals surface area contributed by atoms with Crippen molar-refractivity contribution in [2.45, 2.75) is 56.7 Å². The molecule has 0 aromatic carbocycles. The number of amides is 1. The van der Waals surface area contributed by atoms with Gasteiger partial charge in [-0.25, -0.2) is 9.78 Å². The highest BCUT2D eigenvalue weighted by Gasteiger charge is 2.30. The van der Waals surface area contributed by atoms with Gasteiger partial charge < -0.3 is 9.64 Å². The summed E-state index contributed by atoms with van der Waals surface area (Å²) in [6.45, 7) is 6.48. The molecule has 0 saturated carbocycles. The van der Waals surface area contributed by atoms with E-state index in [1.54, 1.807) is 30.4 Å². The Morgan fingerprint density at radius 2 is 2.24 bits per heavy atom. The number of carbonyl (C=O) groups excluding carboxylic acids is 1. The number of thioether (sulfide) groups is 1. The maximum atomic E-state index is 12.3. The Morgan fingerprint density at radius 3 is 2.90 bits per heavy atom. The van der Waals surface area contributed by atoms with Gasteiger partial charge in [-0.1, -0.05) is 0 Å². The molecule has 1 amide bonds. The van der Waals surface area contributed by atoms with Gasteiger partial charge in [-0.2, -0.15) is 0 Å². The van der Waals surface area contributed by atoms with Crippen molar-refractivity contribution in [3.05, 3.63) is 18.6 Å². The average Bonchev–Trinajstić information content (AvgIpc) is 2.45. The van der Waals surface area contributed by atoms with Crippen molar-refractivity contribution in [2.75, 3.05) is 12.3 Å². The summed E-state index contributed by atoms with van der Waals surface area (Å²) in [5, 5.41) is 0.896. The van der Waals surface area contributed by atoms with E-state index in [0.29, 0.717) is 0 Å². The third-order valence-electron chi connectivity index (χ3n) is 3.22. The first-order chi connectivity index (χ1) is 9.96. The van der Waals surface area contributed by atoms with Gasteiger partial charge in [0, 0.05) is 30.7 Å². The third kappa shape index (κ3) is 5.19. The summed E-state index contributed by atoms with van der Waals surface area (Å²) in [5.74, 6) is 0.831. The van der Waals surface area contributed by atoms with Gasteiger partial charge in [0.05, 0.1) is 6.20 Å². The van der Waals surface area contributed by atoms with Crippen LogP contribution in [0.3, 0.4) is 0 Å². The average molecular weight is 309 g/mol. The minimum atomic E-state index is -0.447. The summed E-state index contributed by atoms with van der Waals surface area (Å²) in [5.41, 5.74) is -0.447. The van der Waals surface area contributed by atoms with Gasteiger partial charge in [0.2, 0.25) is 0 Å². The molecule has 1 fully saturated rings. The lowest BCUT2D eigenvalue weighted by Crippen LogP contribution is -2.47. The van der Waals surface area contributed by atoms with Crippen molar-refractivity contribution in [1.29, 1.82) is 0 Å². The van der Waals surface area contributed by atoms with E-state index < -0.39 is 5.60 Å². The van der Waals surface area contributed by atoms with Crippen molar-refractivity contribution in [2.24, 2.45) is 0 Å². The highest BCUT2D eigenvalue weighted by Crippen LogP contribution is 2.25. The zero-order valence-electron chi connectivity index (χ0n) is 12.9. The molecule has 0 spiro atoms. The summed E-state index contributed by atoms with van der Waals surface area (Å²) in [6.07, 6.45) is 8.13. The van der Waals surface area contributed by atoms with Gasteiger partial charge in [0.15, 0.2) is 0 Å². The number of rotatable bonds is 3. The first-order valence-electron chi connectivity index (χ1n) is 7.34. The lowest BCUT2D eigenvalue weighted by molar-refractivity contribution is 0.0126. The smallest absolute Gasteiger partial charge is 0.410 e. The number of ether oxygens (including phenoxy) is 1. The van der Waals surface area contributed by atoms with E-state index >= 15 is 0 Å². The molecule has 1 aliphatic rings. The van der Waals surface area contributed by atoms with E-state index in [1.165, 1.54) is 0 Å². The van der Waals surface area contributed by atoms with Crippen LogP contribution in [0.1, 0.15) is 40.0 Å². The minimum absolute atomic E-state index is 0.202. The number of hydrogen-bond donors (Lipinski definition) is 0. The minimum Gasteiger partial charge on any atom is -0.444 e. The van der Waals surface area contributed by atoms with Gasteiger partial charge in [-0.3, -0.25) is 4.98 Å². The lowest BCUT2D eigenvalue weighted by atomic mass is 10.0. The van der Waals surface area contributed by atoms with Crippen LogP contribution in [0.15, 0.2) is 23.6 Å². The van der Waals surface area contributed by atoms with Crippen molar-refractivity contribution in [3.63, 3.8) is 0 Å². The highest BCUT2D eigenvalue weighted by atomic mass is 32.2. The molecule has 2 rings (SSSR count). The first kappa shape index (κ1) is 16.1. The second-order valence-electron chi connectivity index (χ2n) is 6.18. The lowest BCUT2D eigenvalue weighted by Gasteiger charge is -2.36. The molecular formula is C15H23N3O2S. The van der Waals surface area contributed by atoms with E-state index in [0.717, 1.165) is 36.6 Å². The molecule has 0 bridgehead atoms. The molecular weight excluding hydrogens is 286 g/mol. The van der Waals surface area contributed by atoms with Gasteiger partial charge in [-0.15, -0.1) is 11.8 Å². The second kappa shape index (κ2) is 7.11. The fraction of sp³-hybridized carbons (Fsp3) is 0.667. The summed E-state index contributed by atoms with van der Waals surface area (Å²) < 4.78 is 5.51. The molecule has 21 heavy (non-hydrogen) atoms. The Labute approximate surface area is 130 Å². The van der Waals surface area contributed by atoms with Crippen molar-refractivity contribution >= 4 is 17.9 Å². The molecule has 1 saturated heterocycles. The van der Waals surface area contributed by atoms with E-state index in [9.17, 15) is 4.79 Å². The van der Waals surface area contributed by atoms with Gasteiger partial charge in [-0.05, 0) is 40.0 Å². The zero-order valence-corrected chi connectivity index (χ0v) is 13.7. The summed E-state index contributed by atoms with van der Waals surface area (Å²) >= 11 is 1.64. The largest absolute Gasteiger partial charge is 0.444 e. The van der Waals surface area contributed by atoms with E-state index in [2.05, 4.69) is 9.97 Å². The number of aromatic nitrogens is 2. The number of piperidine rings is 1. The highest BCUT2D eigenvalue weighted by molar-refractivity contribution is 7.99. The Bertz CT molecular complexity index is 462. The standard InChI is InChI=1S/C15H23N3O2S/c1-15(2,3)20-14(19)18-9-5-4-6-12(18)11-21-13-10-16-7-8-17-13/h7-8,10,12H,4-6,9,11H2,1-3H3/t12-/m1/s1. The maximum absolute atomic E-state index is 12.3. The Morgan fingerprint density at radius 1 is 1.43 bits per heavy atom. The molecule has 0 N–H and O–H groups in total. The number of carbonyl (C=O) groups is 1. The molecule has 1 aliphatic heterocycles. The second-order valence-corrected chi connectivity index (χ2v) is 7.22. The fourth-order valence-electron chi connectivity index (χ4n) is 2.28. The number of likely N-dealkylation sites (tertiary alicyclic amines) is 1. The van der Waals surface area contributed by atoms with E-state index in [1.807, 2.05) is 25.7 Å². The van der Waals surface area contributed by atoms with Gasteiger partial charge >= 0.3 is 6.09 Å². The normalized spacial score (nSPS) is 19.4. The molecule has 0 unspecified atom stereocenters. The quantitative estimate of drug-likeness (QED) is 0.801. The predicted octanol–water partition coefficient (Wildman–Crippen LogP) is 3.36. The molecule has 116 valence electrons. The van der Waals surface area contributed by atoms with Crippen LogP contribution in [-0.4, -0.2) is 44.9 Å². The van der Waals surface area contributed by atoms with Crippen molar-refractivity contribution in [3.8, 4) is 0 Å². The molecule has 1 aromatic heterocycles. The van der Waals surface area contributed by atoms with Crippen molar-refractivity contribution in [1.82, 2.24) is 14.9 Å². The molecule has 1 aromatic rings. The number of nitrogens with zero attached hydrogens (tertiary/aromatic N) is 3. The molecule has 6 heteroatoms. The first-order valence-corrected chi connectivity index (χ1v) is 8.33. The fourth-order valence-corrected chi connectivity index (χ4v) is 3.26. The van der Waals surface area contributed by atoms with Crippen LogP contribution in [0.2, 0.25) is 0 Å². The van der Waals surface area contributed by atoms with E-state index in [4.69, 9.17) is 4.74 Å². The summed E-state index contributed by atoms with van der Waals surface area (Å²) in [7, 11) is 0. The SMILES string of the molecule is CC(C)(C)OC(=O)N1CCCC[C@@H]1CSc1cnccn1. The van der Waals surface area contributed by atoms with Crippen LogP contribution in [0.5, 0.6) is 0 Å². The zero-order chi connectivity index (χ0) is 15.3. The maximum Gasteiger partial charge on any atom is 0.410 e. The monoisotopic (exact) mass is 309 g/mol. The molecule has 2 heterocycles. The van der Waals surface area contributed by atoms with Crippen LogP contribution in [0, 0.1) is 0 Å². The molecule has 1 atom stereocenters. The van der Waals surface area contributed by atoms with Crippen LogP contribution in [0.25, 0.3) is 0 Å². The van der Waals surface area contributed by atoms with Gasteiger partial charge in [0.1, 0.15) is 10.6 Å². The number of hydrogen-bond acceptors (Lipinski definition) is 5. The summed E-state index contributed by atoms with van der Waals surface area (Å²) in [6, 6.07) is 0.209. The van der Waals surface area contributed by atoms with E-state index in [-0.39, 0.29) is 12.1 Å². The van der Waals surface area contributed by atoms with Crippen molar-refractivity contribution < 1.29 is 9.53 Å². The Balaban J connectivity index is 1.94. The topological polar surface area (TPSA) is 55.3 Å². The predicted molar refractivity (Wildman–Crippen MR) is 83.3 cm³/mol. The molecule has 5 nitrogen and oxygen atoms in total. The molecule has 0 radical (unpaired) electrons. The van der Waals surface area contributed by atoms with Gasteiger partial charge in [0.25, 0.3) is 0 Å². The van der Waals surface area contributed by atoms with Crippen LogP contribution in [-0.2, 0) is 4.74 Å². The Hall–Kier alpha value is -1.30.